The van der Waals surface area contributed by atoms with Crippen molar-refractivity contribution in [1.29, 1.82) is 0 Å². The number of rotatable bonds is 4. The zero-order chi connectivity index (χ0) is 11.4. The van der Waals surface area contributed by atoms with Gasteiger partial charge in [-0.2, -0.15) is 0 Å². The van der Waals surface area contributed by atoms with Gasteiger partial charge in [0.25, 0.3) is 0 Å². The van der Waals surface area contributed by atoms with Crippen LogP contribution in [0.5, 0.6) is 0 Å². The van der Waals surface area contributed by atoms with E-state index in [4.69, 9.17) is 0 Å². The van der Waals surface area contributed by atoms with Crippen LogP contribution in [-0.4, -0.2) is 9.59 Å². The number of hydrogen-bond acceptors (Lipinski definition) is 4. The summed E-state index contributed by atoms with van der Waals surface area (Å²) in [6.45, 7) is 2.71. The SMILES string of the molecule is CC(NCc1csnn1)c1ccc(F)cc1. The molecular weight excluding hydrogens is 225 g/mol. The van der Waals surface area contributed by atoms with Crippen LogP contribution in [0, 0.1) is 5.82 Å². The van der Waals surface area contributed by atoms with Crippen molar-refractivity contribution in [3.05, 3.63) is 46.7 Å². The van der Waals surface area contributed by atoms with Crippen molar-refractivity contribution in [2.24, 2.45) is 0 Å². The minimum Gasteiger partial charge on any atom is -0.304 e. The highest BCUT2D eigenvalue weighted by Gasteiger charge is 2.05. The van der Waals surface area contributed by atoms with E-state index in [1.165, 1.54) is 23.7 Å². The summed E-state index contributed by atoms with van der Waals surface area (Å²) < 4.78 is 16.5. The molecule has 0 amide bonds. The van der Waals surface area contributed by atoms with Crippen LogP contribution in [0.25, 0.3) is 0 Å². The van der Waals surface area contributed by atoms with Gasteiger partial charge >= 0.3 is 0 Å². The maximum absolute atomic E-state index is 12.7. The third kappa shape index (κ3) is 2.84. The molecule has 0 aliphatic carbocycles. The van der Waals surface area contributed by atoms with Crippen LogP contribution in [0.1, 0.15) is 24.2 Å². The van der Waals surface area contributed by atoms with Gasteiger partial charge in [0.2, 0.25) is 0 Å². The molecule has 1 aromatic carbocycles. The maximum atomic E-state index is 12.7. The molecule has 84 valence electrons. The van der Waals surface area contributed by atoms with Gasteiger partial charge in [-0.05, 0) is 36.2 Å². The van der Waals surface area contributed by atoms with E-state index >= 15 is 0 Å². The minimum absolute atomic E-state index is 0.169. The third-order valence-corrected chi connectivity index (χ3v) is 2.92. The average molecular weight is 237 g/mol. The van der Waals surface area contributed by atoms with Crippen LogP contribution >= 0.6 is 11.5 Å². The van der Waals surface area contributed by atoms with E-state index in [2.05, 4.69) is 14.9 Å². The summed E-state index contributed by atoms with van der Waals surface area (Å²) in [6, 6.07) is 6.68. The van der Waals surface area contributed by atoms with E-state index in [1.54, 1.807) is 12.1 Å². The summed E-state index contributed by atoms with van der Waals surface area (Å²) in [7, 11) is 0. The van der Waals surface area contributed by atoms with E-state index in [9.17, 15) is 4.39 Å². The fourth-order valence-corrected chi connectivity index (χ4v) is 1.84. The molecule has 0 fully saturated rings. The lowest BCUT2D eigenvalue weighted by molar-refractivity contribution is 0.564. The zero-order valence-electron chi connectivity index (χ0n) is 8.85. The van der Waals surface area contributed by atoms with Gasteiger partial charge in [0, 0.05) is 18.0 Å². The number of halogens is 1. The summed E-state index contributed by atoms with van der Waals surface area (Å²) in [4.78, 5) is 0. The first-order valence-corrected chi connectivity index (χ1v) is 5.84. The number of aromatic nitrogens is 2. The molecule has 1 atom stereocenters. The molecule has 0 spiro atoms. The Morgan fingerprint density at radius 2 is 2.12 bits per heavy atom. The highest BCUT2D eigenvalue weighted by molar-refractivity contribution is 7.03. The highest BCUT2D eigenvalue weighted by Crippen LogP contribution is 2.13. The molecule has 1 unspecified atom stereocenters. The van der Waals surface area contributed by atoms with Crippen molar-refractivity contribution < 1.29 is 4.39 Å². The van der Waals surface area contributed by atoms with E-state index in [0.717, 1.165) is 11.3 Å². The summed E-state index contributed by atoms with van der Waals surface area (Å²) in [5.41, 5.74) is 1.99. The molecule has 2 rings (SSSR count). The van der Waals surface area contributed by atoms with Gasteiger partial charge in [0.05, 0.1) is 5.69 Å². The second-order valence-corrected chi connectivity index (χ2v) is 4.16. The second-order valence-electron chi connectivity index (χ2n) is 3.55. The van der Waals surface area contributed by atoms with Crippen molar-refractivity contribution in [2.75, 3.05) is 0 Å². The molecule has 5 heteroatoms. The fraction of sp³-hybridized carbons (Fsp3) is 0.273. The molecular formula is C11H12FN3S. The van der Waals surface area contributed by atoms with Crippen LogP contribution in [-0.2, 0) is 6.54 Å². The fourth-order valence-electron chi connectivity index (χ4n) is 1.39. The molecule has 0 saturated heterocycles. The normalized spacial score (nSPS) is 12.6. The first-order valence-electron chi connectivity index (χ1n) is 5.00. The van der Waals surface area contributed by atoms with E-state index in [0.29, 0.717) is 6.54 Å². The molecule has 0 saturated carbocycles. The Kier molecular flexibility index (Phi) is 3.58. The standard InChI is InChI=1S/C11H12FN3S/c1-8(9-2-4-10(12)5-3-9)13-6-11-7-16-15-14-11/h2-5,7-8,13H,6H2,1H3. The Hall–Kier alpha value is -1.33. The summed E-state index contributed by atoms with van der Waals surface area (Å²) in [6.07, 6.45) is 0. The van der Waals surface area contributed by atoms with Gasteiger partial charge in [-0.15, -0.1) is 5.10 Å². The lowest BCUT2D eigenvalue weighted by Crippen LogP contribution is -2.18. The number of hydrogen-bond donors (Lipinski definition) is 1. The van der Waals surface area contributed by atoms with Crippen molar-refractivity contribution in [3.63, 3.8) is 0 Å². The predicted octanol–water partition coefficient (Wildman–Crippen LogP) is 2.53. The molecule has 0 bridgehead atoms. The van der Waals surface area contributed by atoms with Crippen LogP contribution in [0.4, 0.5) is 4.39 Å². The number of benzene rings is 1. The lowest BCUT2D eigenvalue weighted by Gasteiger charge is -2.12. The maximum Gasteiger partial charge on any atom is 0.123 e. The summed E-state index contributed by atoms with van der Waals surface area (Å²) in [5, 5.41) is 9.15. The van der Waals surface area contributed by atoms with Gasteiger partial charge in [0.1, 0.15) is 5.82 Å². The minimum atomic E-state index is -0.209. The Balaban J connectivity index is 1.93. The summed E-state index contributed by atoms with van der Waals surface area (Å²) >= 11 is 1.34. The van der Waals surface area contributed by atoms with E-state index in [1.807, 2.05) is 12.3 Å². The second kappa shape index (κ2) is 5.14. The molecule has 0 radical (unpaired) electrons. The number of nitrogens with zero attached hydrogens (tertiary/aromatic N) is 2. The van der Waals surface area contributed by atoms with Crippen molar-refractivity contribution in [3.8, 4) is 0 Å². The molecule has 1 aromatic heterocycles. The lowest BCUT2D eigenvalue weighted by atomic mass is 10.1. The largest absolute Gasteiger partial charge is 0.304 e. The topological polar surface area (TPSA) is 37.8 Å². The van der Waals surface area contributed by atoms with Gasteiger partial charge in [-0.3, -0.25) is 0 Å². The molecule has 16 heavy (non-hydrogen) atoms. The third-order valence-electron chi connectivity index (χ3n) is 2.36. The number of nitrogens with one attached hydrogen (secondary N) is 1. The quantitative estimate of drug-likeness (QED) is 0.888. The monoisotopic (exact) mass is 237 g/mol. The van der Waals surface area contributed by atoms with E-state index in [-0.39, 0.29) is 11.9 Å². The van der Waals surface area contributed by atoms with Crippen LogP contribution in [0.15, 0.2) is 29.6 Å². The molecule has 2 aromatic rings. The smallest absolute Gasteiger partial charge is 0.123 e. The van der Waals surface area contributed by atoms with Gasteiger partial charge in [-0.1, -0.05) is 16.6 Å². The van der Waals surface area contributed by atoms with Crippen molar-refractivity contribution >= 4 is 11.5 Å². The first-order chi connectivity index (χ1) is 7.75. The molecule has 3 nitrogen and oxygen atoms in total. The van der Waals surface area contributed by atoms with Gasteiger partial charge < -0.3 is 5.32 Å². The van der Waals surface area contributed by atoms with Crippen molar-refractivity contribution in [2.45, 2.75) is 19.5 Å². The Morgan fingerprint density at radius 3 is 2.75 bits per heavy atom. The molecule has 0 aliphatic rings. The van der Waals surface area contributed by atoms with Crippen molar-refractivity contribution in [1.82, 2.24) is 14.9 Å². The molecule has 1 heterocycles. The van der Waals surface area contributed by atoms with Crippen LogP contribution in [0.2, 0.25) is 0 Å². The van der Waals surface area contributed by atoms with Gasteiger partial charge in [0.15, 0.2) is 0 Å². The van der Waals surface area contributed by atoms with Crippen LogP contribution < -0.4 is 5.32 Å². The summed E-state index contributed by atoms with van der Waals surface area (Å²) in [5.74, 6) is -0.209. The highest BCUT2D eigenvalue weighted by atomic mass is 32.1. The first kappa shape index (κ1) is 11.2. The zero-order valence-corrected chi connectivity index (χ0v) is 9.67. The predicted molar refractivity (Wildman–Crippen MR) is 61.6 cm³/mol. The molecule has 1 N–H and O–H groups in total. The Labute approximate surface area is 97.5 Å². The Bertz CT molecular complexity index is 427. The Morgan fingerprint density at radius 1 is 1.38 bits per heavy atom. The molecule has 0 aliphatic heterocycles. The van der Waals surface area contributed by atoms with Crippen LogP contribution in [0.3, 0.4) is 0 Å². The van der Waals surface area contributed by atoms with E-state index < -0.39 is 0 Å². The average Bonchev–Trinajstić information content (AvgIpc) is 2.80. The van der Waals surface area contributed by atoms with Gasteiger partial charge in [-0.25, -0.2) is 4.39 Å².